The molecule has 2 N–H and O–H groups in total. The molecule has 4 heteroatoms. The standard InChI is InChI=1S/C12H18ClN3/c1-3-16(4-2)12(14)15-9-10-7-5-6-8-11(10)13/h5-8H,3-4,9H2,1-2H3,(H2,14,15). The average Bonchev–Trinajstić information content (AvgIpc) is 2.29. The molecule has 1 aromatic rings. The third-order valence-electron chi connectivity index (χ3n) is 2.46. The van der Waals surface area contributed by atoms with E-state index in [4.69, 9.17) is 17.3 Å². The van der Waals surface area contributed by atoms with Crippen LogP contribution in [-0.2, 0) is 6.54 Å². The van der Waals surface area contributed by atoms with Crippen LogP contribution < -0.4 is 5.73 Å². The van der Waals surface area contributed by atoms with Crippen molar-refractivity contribution in [3.63, 3.8) is 0 Å². The predicted octanol–water partition coefficient (Wildman–Crippen LogP) is 2.50. The molecule has 0 aliphatic heterocycles. The van der Waals surface area contributed by atoms with Crippen molar-refractivity contribution in [1.82, 2.24) is 4.90 Å². The van der Waals surface area contributed by atoms with Crippen molar-refractivity contribution >= 4 is 17.6 Å². The Morgan fingerprint density at radius 1 is 1.31 bits per heavy atom. The lowest BCUT2D eigenvalue weighted by Gasteiger charge is -2.19. The number of halogens is 1. The summed E-state index contributed by atoms with van der Waals surface area (Å²) in [5, 5.41) is 0.735. The third-order valence-corrected chi connectivity index (χ3v) is 2.83. The van der Waals surface area contributed by atoms with E-state index in [1.54, 1.807) is 0 Å². The van der Waals surface area contributed by atoms with E-state index < -0.39 is 0 Å². The molecule has 0 unspecified atom stereocenters. The predicted molar refractivity (Wildman–Crippen MR) is 69.7 cm³/mol. The van der Waals surface area contributed by atoms with Crippen LogP contribution in [0.3, 0.4) is 0 Å². The van der Waals surface area contributed by atoms with E-state index in [1.165, 1.54) is 0 Å². The highest BCUT2D eigenvalue weighted by Gasteiger charge is 2.02. The molecule has 88 valence electrons. The van der Waals surface area contributed by atoms with Crippen LogP contribution in [-0.4, -0.2) is 23.9 Å². The van der Waals surface area contributed by atoms with Gasteiger partial charge in [0.2, 0.25) is 0 Å². The van der Waals surface area contributed by atoms with E-state index in [9.17, 15) is 0 Å². The Hall–Kier alpha value is -1.22. The van der Waals surface area contributed by atoms with E-state index in [0.29, 0.717) is 12.5 Å². The van der Waals surface area contributed by atoms with Crippen molar-refractivity contribution in [2.45, 2.75) is 20.4 Å². The quantitative estimate of drug-likeness (QED) is 0.648. The van der Waals surface area contributed by atoms with Crippen LogP contribution in [0.2, 0.25) is 5.02 Å². The number of aliphatic imine (C=N–C) groups is 1. The van der Waals surface area contributed by atoms with Gasteiger partial charge in [0.25, 0.3) is 0 Å². The second-order valence-electron chi connectivity index (χ2n) is 3.44. The van der Waals surface area contributed by atoms with Crippen molar-refractivity contribution in [1.29, 1.82) is 0 Å². The second-order valence-corrected chi connectivity index (χ2v) is 3.85. The van der Waals surface area contributed by atoms with Crippen molar-refractivity contribution in [2.24, 2.45) is 10.7 Å². The van der Waals surface area contributed by atoms with Crippen LogP contribution in [0, 0.1) is 0 Å². The van der Waals surface area contributed by atoms with Gasteiger partial charge >= 0.3 is 0 Å². The zero-order valence-electron chi connectivity index (χ0n) is 9.78. The summed E-state index contributed by atoms with van der Waals surface area (Å²) >= 11 is 6.03. The highest BCUT2D eigenvalue weighted by molar-refractivity contribution is 6.31. The Morgan fingerprint density at radius 2 is 1.94 bits per heavy atom. The largest absolute Gasteiger partial charge is 0.370 e. The Morgan fingerprint density at radius 3 is 2.50 bits per heavy atom. The second kappa shape index (κ2) is 6.38. The van der Waals surface area contributed by atoms with Crippen molar-refractivity contribution in [3.8, 4) is 0 Å². The number of nitrogens with two attached hydrogens (primary N) is 1. The molecule has 16 heavy (non-hydrogen) atoms. The molecule has 0 aliphatic carbocycles. The van der Waals surface area contributed by atoms with Crippen LogP contribution in [0.4, 0.5) is 0 Å². The first kappa shape index (κ1) is 12.8. The Balaban J connectivity index is 2.69. The highest BCUT2D eigenvalue weighted by Crippen LogP contribution is 2.15. The molecule has 0 aromatic heterocycles. The summed E-state index contributed by atoms with van der Waals surface area (Å²) in [6.45, 7) is 6.38. The van der Waals surface area contributed by atoms with E-state index in [2.05, 4.69) is 18.8 Å². The summed E-state index contributed by atoms with van der Waals surface area (Å²) in [6, 6.07) is 7.68. The van der Waals surface area contributed by atoms with Crippen LogP contribution in [0.15, 0.2) is 29.3 Å². The lowest BCUT2D eigenvalue weighted by molar-refractivity contribution is 0.458. The third kappa shape index (κ3) is 3.42. The van der Waals surface area contributed by atoms with Gasteiger partial charge in [0.15, 0.2) is 5.96 Å². The molecule has 0 amide bonds. The summed E-state index contributed by atoms with van der Waals surface area (Å²) in [7, 11) is 0. The fourth-order valence-electron chi connectivity index (χ4n) is 1.44. The van der Waals surface area contributed by atoms with Crippen molar-refractivity contribution in [2.75, 3.05) is 13.1 Å². The number of hydrogen-bond acceptors (Lipinski definition) is 1. The van der Waals surface area contributed by atoms with Gasteiger partial charge in [-0.1, -0.05) is 29.8 Å². The fraction of sp³-hybridized carbons (Fsp3) is 0.417. The van der Waals surface area contributed by atoms with Crippen LogP contribution >= 0.6 is 11.6 Å². The molecule has 0 heterocycles. The summed E-state index contributed by atoms with van der Waals surface area (Å²) in [4.78, 5) is 6.34. The summed E-state index contributed by atoms with van der Waals surface area (Å²) in [5.74, 6) is 0.574. The Kier molecular flexibility index (Phi) is 5.12. The first-order valence-electron chi connectivity index (χ1n) is 5.47. The zero-order chi connectivity index (χ0) is 12.0. The van der Waals surface area contributed by atoms with Gasteiger partial charge in [-0.05, 0) is 25.5 Å². The minimum absolute atomic E-state index is 0.530. The maximum absolute atomic E-state index is 6.03. The van der Waals surface area contributed by atoms with Gasteiger partial charge in [-0.25, -0.2) is 4.99 Å². The van der Waals surface area contributed by atoms with E-state index in [-0.39, 0.29) is 0 Å². The molecule has 0 bridgehead atoms. The smallest absolute Gasteiger partial charge is 0.191 e. The molecule has 1 rings (SSSR count). The maximum Gasteiger partial charge on any atom is 0.191 e. The van der Waals surface area contributed by atoms with Gasteiger partial charge in [-0.3, -0.25) is 0 Å². The molecule has 0 aliphatic rings. The number of guanidine groups is 1. The van der Waals surface area contributed by atoms with E-state index in [1.807, 2.05) is 29.2 Å². The van der Waals surface area contributed by atoms with Gasteiger partial charge in [-0.2, -0.15) is 0 Å². The molecule has 0 saturated carbocycles. The molecule has 3 nitrogen and oxygen atoms in total. The number of rotatable bonds is 4. The van der Waals surface area contributed by atoms with Gasteiger partial charge < -0.3 is 10.6 Å². The topological polar surface area (TPSA) is 41.6 Å². The molecule has 1 aromatic carbocycles. The van der Waals surface area contributed by atoms with E-state index in [0.717, 1.165) is 23.7 Å². The van der Waals surface area contributed by atoms with Gasteiger partial charge in [0.1, 0.15) is 0 Å². The lowest BCUT2D eigenvalue weighted by Crippen LogP contribution is -2.37. The van der Waals surface area contributed by atoms with Gasteiger partial charge in [0, 0.05) is 18.1 Å². The van der Waals surface area contributed by atoms with Gasteiger partial charge in [0.05, 0.1) is 6.54 Å². The highest BCUT2D eigenvalue weighted by atomic mass is 35.5. The van der Waals surface area contributed by atoms with Crippen LogP contribution in [0.5, 0.6) is 0 Å². The SMILES string of the molecule is CCN(CC)C(N)=NCc1ccccc1Cl. The first-order chi connectivity index (χ1) is 7.69. The monoisotopic (exact) mass is 239 g/mol. The van der Waals surface area contributed by atoms with Crippen LogP contribution in [0.1, 0.15) is 19.4 Å². The summed E-state index contributed by atoms with van der Waals surface area (Å²) in [5.41, 5.74) is 6.87. The molecule has 0 radical (unpaired) electrons. The molecule has 0 atom stereocenters. The molecular weight excluding hydrogens is 222 g/mol. The number of benzene rings is 1. The molecular formula is C12H18ClN3. The normalized spacial score (nSPS) is 11.6. The summed E-state index contributed by atoms with van der Waals surface area (Å²) in [6.07, 6.45) is 0. The fourth-order valence-corrected chi connectivity index (χ4v) is 1.64. The number of nitrogens with zero attached hydrogens (tertiary/aromatic N) is 2. The Labute approximate surface area is 102 Å². The lowest BCUT2D eigenvalue weighted by atomic mass is 10.2. The molecule has 0 spiro atoms. The summed E-state index contributed by atoms with van der Waals surface area (Å²) < 4.78 is 0. The molecule has 0 saturated heterocycles. The minimum Gasteiger partial charge on any atom is -0.370 e. The first-order valence-corrected chi connectivity index (χ1v) is 5.85. The van der Waals surface area contributed by atoms with E-state index >= 15 is 0 Å². The average molecular weight is 240 g/mol. The number of hydrogen-bond donors (Lipinski definition) is 1. The van der Waals surface area contributed by atoms with Crippen molar-refractivity contribution in [3.05, 3.63) is 34.9 Å². The molecule has 0 fully saturated rings. The zero-order valence-corrected chi connectivity index (χ0v) is 10.5. The van der Waals surface area contributed by atoms with Crippen LogP contribution in [0.25, 0.3) is 0 Å². The Bertz CT molecular complexity index is 359. The van der Waals surface area contributed by atoms with Gasteiger partial charge in [-0.15, -0.1) is 0 Å². The van der Waals surface area contributed by atoms with Crippen molar-refractivity contribution < 1.29 is 0 Å². The maximum atomic E-state index is 6.03. The minimum atomic E-state index is 0.530.